The van der Waals surface area contributed by atoms with Crippen LogP contribution in [0.2, 0.25) is 5.02 Å². The molecule has 0 aliphatic heterocycles. The Morgan fingerprint density at radius 3 is 2.60 bits per heavy atom. The van der Waals surface area contributed by atoms with Gasteiger partial charge in [0.05, 0.1) is 11.6 Å². The van der Waals surface area contributed by atoms with E-state index in [1.165, 1.54) is 15.8 Å². The van der Waals surface area contributed by atoms with Crippen LogP contribution >= 0.6 is 22.9 Å². The summed E-state index contributed by atoms with van der Waals surface area (Å²) in [4.78, 5) is 0. The van der Waals surface area contributed by atoms with Crippen molar-refractivity contribution in [2.24, 2.45) is 0 Å². The van der Waals surface area contributed by atoms with Crippen molar-refractivity contribution < 1.29 is 21.5 Å². The van der Waals surface area contributed by atoms with Crippen molar-refractivity contribution in [1.29, 1.82) is 5.26 Å². The fourth-order valence-electron chi connectivity index (χ4n) is 2.00. The van der Waals surface area contributed by atoms with Gasteiger partial charge < -0.3 is 17.0 Å². The molecule has 3 rings (SSSR count). The zero-order valence-electron chi connectivity index (χ0n) is 10.4. The van der Waals surface area contributed by atoms with Crippen LogP contribution in [-0.4, -0.2) is 0 Å². The first-order chi connectivity index (χ1) is 9.26. The van der Waals surface area contributed by atoms with E-state index in [9.17, 15) is 0 Å². The van der Waals surface area contributed by atoms with Crippen LogP contribution in [-0.2, 0) is 6.54 Å². The van der Waals surface area contributed by atoms with Crippen molar-refractivity contribution in [2.45, 2.75) is 6.54 Å². The topological polar surface area (TPSA) is 27.7 Å². The van der Waals surface area contributed by atoms with Crippen LogP contribution in [0.3, 0.4) is 0 Å². The van der Waals surface area contributed by atoms with E-state index in [1.54, 1.807) is 11.3 Å². The van der Waals surface area contributed by atoms with Gasteiger partial charge in [-0.1, -0.05) is 35.1 Å². The van der Waals surface area contributed by atoms with Crippen LogP contribution in [0.4, 0.5) is 0 Å². The van der Waals surface area contributed by atoms with Crippen LogP contribution in [0.25, 0.3) is 10.2 Å². The van der Waals surface area contributed by atoms with E-state index in [1.807, 2.05) is 42.5 Å². The third-order valence-electron chi connectivity index (χ3n) is 2.97. The lowest BCUT2D eigenvalue weighted by Crippen LogP contribution is -3.00. The summed E-state index contributed by atoms with van der Waals surface area (Å²) < 4.78 is 3.37. The molecule has 0 aliphatic rings. The molecule has 0 fully saturated rings. The number of benzene rings is 2. The Balaban J connectivity index is 0.00000147. The molecule has 3 aromatic rings. The van der Waals surface area contributed by atoms with Gasteiger partial charge >= 0.3 is 0 Å². The van der Waals surface area contributed by atoms with Gasteiger partial charge in [0, 0.05) is 16.7 Å². The minimum absolute atomic E-state index is 0. The Morgan fingerprint density at radius 2 is 1.90 bits per heavy atom. The molecule has 0 saturated heterocycles. The first-order valence-electron chi connectivity index (χ1n) is 5.81. The summed E-state index contributed by atoms with van der Waals surface area (Å²) in [6.07, 6.45) is 0. The molecule has 0 radical (unpaired) electrons. The number of rotatable bonds is 2. The highest BCUT2D eigenvalue weighted by molar-refractivity contribution is 7.16. The molecule has 0 atom stereocenters. The lowest BCUT2D eigenvalue weighted by Gasteiger charge is -1.97. The van der Waals surface area contributed by atoms with E-state index in [4.69, 9.17) is 16.9 Å². The average molecular weight is 366 g/mol. The van der Waals surface area contributed by atoms with Crippen LogP contribution in [0.15, 0.2) is 48.0 Å². The summed E-state index contributed by atoms with van der Waals surface area (Å²) in [5, 5.41) is 9.55. The molecule has 0 unspecified atom stereocenters. The summed E-state index contributed by atoms with van der Waals surface area (Å²) in [7, 11) is 0. The van der Waals surface area contributed by atoms with E-state index >= 15 is 0 Å². The minimum Gasteiger partial charge on any atom is -1.00 e. The Kier molecular flexibility index (Phi) is 4.77. The Bertz CT molecular complexity index is 775. The smallest absolute Gasteiger partial charge is 0.226 e. The van der Waals surface area contributed by atoms with Crippen LogP contribution in [0.1, 0.15) is 11.1 Å². The van der Waals surface area contributed by atoms with Crippen LogP contribution < -0.4 is 21.5 Å². The first-order valence-corrected chi connectivity index (χ1v) is 7.07. The summed E-state index contributed by atoms with van der Waals surface area (Å²) in [5.74, 6) is 0. The standard InChI is InChI=1S/C15H10ClN2S.BrH/c16-13-5-6-14-15(7-13)19-10-18(14)9-12-3-1-11(8-17)2-4-12;/h1-7,10H,9H2;1H/q+1;/p-1. The molecule has 0 saturated carbocycles. The highest BCUT2D eigenvalue weighted by atomic mass is 79.9. The van der Waals surface area contributed by atoms with Gasteiger partial charge in [-0.3, -0.25) is 0 Å². The quantitative estimate of drug-likeness (QED) is 0.616. The molecular formula is C15H10BrClN2S. The van der Waals surface area contributed by atoms with Crippen LogP contribution in [0.5, 0.6) is 0 Å². The molecule has 0 amide bonds. The number of nitrogens with zero attached hydrogens (tertiary/aromatic N) is 2. The Labute approximate surface area is 136 Å². The van der Waals surface area contributed by atoms with Gasteiger partial charge in [0.25, 0.3) is 0 Å². The molecule has 0 N–H and O–H groups in total. The minimum atomic E-state index is 0. The summed E-state index contributed by atoms with van der Waals surface area (Å²) in [6.45, 7) is 0.799. The molecule has 0 spiro atoms. The van der Waals surface area contributed by atoms with Gasteiger partial charge in [-0.25, -0.2) is 0 Å². The van der Waals surface area contributed by atoms with Crippen LogP contribution in [0, 0.1) is 11.3 Å². The van der Waals surface area contributed by atoms with Crippen molar-refractivity contribution in [1.82, 2.24) is 0 Å². The van der Waals surface area contributed by atoms with E-state index in [-0.39, 0.29) is 17.0 Å². The number of fused-ring (bicyclic) bond motifs is 1. The van der Waals surface area contributed by atoms with E-state index < -0.39 is 0 Å². The lowest BCUT2D eigenvalue weighted by atomic mass is 10.1. The molecule has 5 heteroatoms. The second-order valence-corrected chi connectivity index (χ2v) is 5.59. The fourth-order valence-corrected chi connectivity index (χ4v) is 3.17. The molecular weight excluding hydrogens is 356 g/mol. The van der Waals surface area contributed by atoms with Crippen molar-refractivity contribution in [3.05, 3.63) is 64.1 Å². The summed E-state index contributed by atoms with van der Waals surface area (Å²) in [6, 6.07) is 15.7. The SMILES string of the molecule is N#Cc1ccc(C[n+]2csc3cc(Cl)ccc32)cc1.[Br-]. The van der Waals surface area contributed by atoms with Gasteiger partial charge in [-0.2, -0.15) is 9.83 Å². The second-order valence-electron chi connectivity index (χ2n) is 4.27. The summed E-state index contributed by atoms with van der Waals surface area (Å²) >= 11 is 7.67. The number of hydrogen-bond acceptors (Lipinski definition) is 2. The van der Waals surface area contributed by atoms with Gasteiger partial charge in [-0.15, -0.1) is 0 Å². The van der Waals surface area contributed by atoms with E-state index in [0.717, 1.165) is 11.6 Å². The van der Waals surface area contributed by atoms with Gasteiger partial charge in [0.1, 0.15) is 4.70 Å². The van der Waals surface area contributed by atoms with Crippen molar-refractivity contribution in [3.63, 3.8) is 0 Å². The van der Waals surface area contributed by atoms with Gasteiger partial charge in [0.15, 0.2) is 6.54 Å². The van der Waals surface area contributed by atoms with Gasteiger partial charge in [-0.05, 0) is 24.3 Å². The third kappa shape index (κ3) is 3.01. The maximum Gasteiger partial charge on any atom is 0.226 e. The molecule has 0 bridgehead atoms. The predicted octanol–water partition coefficient (Wildman–Crippen LogP) is 0.766. The first kappa shape index (κ1) is 15.0. The van der Waals surface area contributed by atoms with Crippen molar-refractivity contribution >= 4 is 33.2 Å². The number of halogens is 2. The highest BCUT2D eigenvalue weighted by Crippen LogP contribution is 2.21. The molecule has 2 nitrogen and oxygen atoms in total. The normalized spacial score (nSPS) is 10.0. The monoisotopic (exact) mass is 364 g/mol. The predicted molar refractivity (Wildman–Crippen MR) is 77.3 cm³/mol. The maximum absolute atomic E-state index is 8.79. The Hall–Kier alpha value is -1.41. The fraction of sp³-hybridized carbons (Fsp3) is 0.0667. The average Bonchev–Trinajstić information content (AvgIpc) is 2.82. The Morgan fingerprint density at radius 1 is 1.15 bits per heavy atom. The largest absolute Gasteiger partial charge is 1.00 e. The van der Waals surface area contributed by atoms with E-state index in [2.05, 4.69) is 16.1 Å². The zero-order valence-corrected chi connectivity index (χ0v) is 13.5. The lowest BCUT2D eigenvalue weighted by molar-refractivity contribution is -0.658. The molecule has 1 heterocycles. The molecule has 2 aromatic carbocycles. The second kappa shape index (κ2) is 6.36. The zero-order chi connectivity index (χ0) is 13.2. The number of nitriles is 1. The summed E-state index contributed by atoms with van der Waals surface area (Å²) in [5.41, 5.74) is 5.15. The highest BCUT2D eigenvalue weighted by Gasteiger charge is 2.12. The van der Waals surface area contributed by atoms with Gasteiger partial charge in [0.2, 0.25) is 11.0 Å². The molecule has 1 aromatic heterocycles. The number of hydrogen-bond donors (Lipinski definition) is 0. The molecule has 20 heavy (non-hydrogen) atoms. The van der Waals surface area contributed by atoms with Crippen molar-refractivity contribution in [2.75, 3.05) is 0 Å². The molecule has 100 valence electrons. The maximum atomic E-state index is 8.79. The molecule has 0 aliphatic carbocycles. The number of thiazole rings is 1. The van der Waals surface area contributed by atoms with Crippen molar-refractivity contribution in [3.8, 4) is 6.07 Å². The van der Waals surface area contributed by atoms with E-state index in [0.29, 0.717) is 5.56 Å². The number of aromatic nitrogens is 1. The third-order valence-corrected chi connectivity index (χ3v) is 4.15.